The molecule has 0 aliphatic carbocycles. The molecule has 3 aromatic carbocycles. The Morgan fingerprint density at radius 1 is 1.11 bits per heavy atom. The van der Waals surface area contributed by atoms with Gasteiger partial charge in [0.15, 0.2) is 23.0 Å². The molecule has 0 radical (unpaired) electrons. The van der Waals surface area contributed by atoms with Crippen LogP contribution < -0.4 is 25.0 Å². The molecule has 188 valence electrons. The minimum absolute atomic E-state index is 0.0685. The minimum atomic E-state index is -0.796. The van der Waals surface area contributed by atoms with Crippen molar-refractivity contribution in [2.45, 2.75) is 0 Å². The number of ether oxygens (including phenoxy) is 3. The number of methoxy groups -OCH3 is 1. The lowest BCUT2D eigenvalue weighted by Gasteiger charge is -2.10. The number of nitro benzene ring substituents is 1. The first-order valence-corrected chi connectivity index (χ1v) is 10.7. The number of nitrogens with one attached hydrogen (secondary N) is 2. The maximum absolute atomic E-state index is 13.0. The van der Waals surface area contributed by atoms with Gasteiger partial charge >= 0.3 is 0 Å². The molecule has 0 aromatic heterocycles. The molecule has 3 N–H and O–H groups in total. The zero-order valence-electron chi connectivity index (χ0n) is 19.3. The van der Waals surface area contributed by atoms with Gasteiger partial charge < -0.3 is 24.6 Å². The summed E-state index contributed by atoms with van der Waals surface area (Å²) in [6.07, 6.45) is 2.43. The summed E-state index contributed by atoms with van der Waals surface area (Å²) in [6.45, 7) is 0.0740. The molecule has 0 saturated carbocycles. The summed E-state index contributed by atoms with van der Waals surface area (Å²) in [5.74, 6) is -0.841. The molecule has 3 aromatic rings. The van der Waals surface area contributed by atoms with Gasteiger partial charge in [-0.1, -0.05) is 24.3 Å². The van der Waals surface area contributed by atoms with Crippen molar-refractivity contribution >= 4 is 29.8 Å². The van der Waals surface area contributed by atoms with E-state index >= 15 is 0 Å². The van der Waals surface area contributed by atoms with Gasteiger partial charge in [-0.3, -0.25) is 19.7 Å². The Morgan fingerprint density at radius 2 is 1.86 bits per heavy atom. The standard InChI is InChI=1S/C25H20N4O8/c1-35-22-12-18(29(33)34)11-17(23(22)30)13-26-28-25(32)19(27-24(31)16-5-3-2-4-6-16)9-15-7-8-20-21(10-15)37-14-36-20/h2-13,30H,14H2,1H3,(H,27,31)(H,28,32)/b19-9?,26-13-. The number of fused-ring (bicyclic) bond motifs is 1. The fourth-order valence-corrected chi connectivity index (χ4v) is 3.31. The topological polar surface area (TPSA) is 162 Å². The van der Waals surface area contributed by atoms with Gasteiger partial charge in [0.2, 0.25) is 6.79 Å². The number of phenolic OH excluding ortho intramolecular Hbond substituents is 1. The van der Waals surface area contributed by atoms with Crippen LogP contribution in [-0.2, 0) is 4.79 Å². The Morgan fingerprint density at radius 3 is 2.59 bits per heavy atom. The summed E-state index contributed by atoms with van der Waals surface area (Å²) >= 11 is 0. The van der Waals surface area contributed by atoms with Gasteiger partial charge in [-0.05, 0) is 35.9 Å². The van der Waals surface area contributed by atoms with Gasteiger partial charge in [0, 0.05) is 17.2 Å². The number of aromatic hydroxyl groups is 1. The van der Waals surface area contributed by atoms with Gasteiger partial charge in [0.25, 0.3) is 17.5 Å². The molecule has 12 nitrogen and oxygen atoms in total. The second-order valence-electron chi connectivity index (χ2n) is 7.53. The van der Waals surface area contributed by atoms with Gasteiger partial charge in [-0.15, -0.1) is 0 Å². The maximum atomic E-state index is 13.0. The van der Waals surface area contributed by atoms with Crippen LogP contribution in [0.4, 0.5) is 5.69 Å². The first-order chi connectivity index (χ1) is 17.9. The summed E-state index contributed by atoms with van der Waals surface area (Å²) < 4.78 is 15.6. The van der Waals surface area contributed by atoms with Gasteiger partial charge in [-0.25, -0.2) is 5.43 Å². The number of nitrogens with zero attached hydrogens (tertiary/aromatic N) is 2. The highest BCUT2D eigenvalue weighted by molar-refractivity contribution is 6.05. The lowest BCUT2D eigenvalue weighted by Crippen LogP contribution is -2.32. The number of nitro groups is 1. The van der Waals surface area contributed by atoms with E-state index in [9.17, 15) is 24.8 Å². The Balaban J connectivity index is 1.59. The number of carbonyl (C=O) groups is 2. The highest BCUT2D eigenvalue weighted by Gasteiger charge is 2.18. The van der Waals surface area contributed by atoms with E-state index in [0.29, 0.717) is 22.6 Å². The Hall–Kier alpha value is -5.39. The molecular formula is C25H20N4O8. The number of hydrogen-bond donors (Lipinski definition) is 3. The predicted octanol–water partition coefficient (Wildman–Crippen LogP) is 2.96. The number of carbonyl (C=O) groups excluding carboxylic acids is 2. The van der Waals surface area contributed by atoms with Crippen LogP contribution in [0, 0.1) is 10.1 Å². The lowest BCUT2D eigenvalue weighted by atomic mass is 10.1. The van der Waals surface area contributed by atoms with Crippen LogP contribution in [0.3, 0.4) is 0 Å². The van der Waals surface area contributed by atoms with Crippen LogP contribution in [0.5, 0.6) is 23.0 Å². The molecule has 37 heavy (non-hydrogen) atoms. The van der Waals surface area contributed by atoms with Crippen molar-refractivity contribution in [3.05, 3.63) is 93.2 Å². The number of non-ortho nitro benzene ring substituents is 1. The smallest absolute Gasteiger partial charge is 0.287 e. The number of rotatable bonds is 8. The van der Waals surface area contributed by atoms with Crippen LogP contribution >= 0.6 is 0 Å². The number of hydrazone groups is 1. The quantitative estimate of drug-likeness (QED) is 0.183. The molecule has 0 atom stereocenters. The SMILES string of the molecule is COc1cc([N+](=O)[O-])cc(/C=N\NC(=O)C(=Cc2ccc3c(c2)OCO3)NC(=O)c2ccccc2)c1O. The van der Waals surface area contributed by atoms with Gasteiger partial charge in [-0.2, -0.15) is 5.10 Å². The number of amides is 2. The third-order valence-corrected chi connectivity index (χ3v) is 5.13. The molecule has 1 heterocycles. The summed E-state index contributed by atoms with van der Waals surface area (Å²) in [5, 5.41) is 27.7. The van der Waals surface area contributed by atoms with Crippen molar-refractivity contribution in [2.24, 2.45) is 5.10 Å². The lowest BCUT2D eigenvalue weighted by molar-refractivity contribution is -0.385. The van der Waals surface area contributed by atoms with Crippen molar-refractivity contribution in [3.8, 4) is 23.0 Å². The van der Waals surface area contributed by atoms with E-state index in [1.807, 2.05) is 0 Å². The molecule has 12 heteroatoms. The second kappa shape index (κ2) is 10.9. The highest BCUT2D eigenvalue weighted by atomic mass is 16.7. The van der Waals surface area contributed by atoms with Gasteiger partial charge in [0.05, 0.1) is 24.3 Å². The van der Waals surface area contributed by atoms with Crippen molar-refractivity contribution < 1.29 is 33.8 Å². The normalized spacial score (nSPS) is 12.3. The largest absolute Gasteiger partial charge is 0.504 e. The molecule has 1 aliphatic rings. The van der Waals surface area contributed by atoms with Crippen LogP contribution in [0.2, 0.25) is 0 Å². The van der Waals surface area contributed by atoms with Crippen LogP contribution in [0.15, 0.2) is 71.5 Å². The van der Waals surface area contributed by atoms with Crippen molar-refractivity contribution in [2.75, 3.05) is 13.9 Å². The fraction of sp³-hybridized carbons (Fsp3) is 0.0800. The Bertz CT molecular complexity index is 1420. The summed E-state index contributed by atoms with van der Waals surface area (Å²) in [6, 6.07) is 15.4. The summed E-state index contributed by atoms with van der Waals surface area (Å²) in [7, 11) is 1.24. The van der Waals surface area contributed by atoms with E-state index in [2.05, 4.69) is 15.8 Å². The zero-order valence-corrected chi connectivity index (χ0v) is 19.3. The molecule has 1 aliphatic heterocycles. The number of benzene rings is 3. The molecule has 2 amide bonds. The van der Waals surface area contributed by atoms with E-state index in [4.69, 9.17) is 14.2 Å². The van der Waals surface area contributed by atoms with E-state index in [1.165, 1.54) is 13.2 Å². The van der Waals surface area contributed by atoms with E-state index in [1.54, 1.807) is 48.5 Å². The first kappa shape index (κ1) is 24.7. The predicted molar refractivity (Wildman–Crippen MR) is 132 cm³/mol. The van der Waals surface area contributed by atoms with Crippen LogP contribution in [-0.4, -0.2) is 42.0 Å². The minimum Gasteiger partial charge on any atom is -0.504 e. The first-order valence-electron chi connectivity index (χ1n) is 10.7. The van der Waals surface area contributed by atoms with Crippen LogP contribution in [0.25, 0.3) is 6.08 Å². The monoisotopic (exact) mass is 504 g/mol. The summed E-state index contributed by atoms with van der Waals surface area (Å²) in [4.78, 5) is 36.2. The van der Waals surface area contributed by atoms with E-state index in [-0.39, 0.29) is 29.5 Å². The average molecular weight is 504 g/mol. The number of phenols is 1. The average Bonchev–Trinajstić information content (AvgIpc) is 3.37. The van der Waals surface area contributed by atoms with E-state index < -0.39 is 22.5 Å². The van der Waals surface area contributed by atoms with Crippen molar-refractivity contribution in [1.29, 1.82) is 0 Å². The van der Waals surface area contributed by atoms with Gasteiger partial charge in [0.1, 0.15) is 5.70 Å². The fourth-order valence-electron chi connectivity index (χ4n) is 3.31. The molecule has 4 rings (SSSR count). The third kappa shape index (κ3) is 5.82. The van der Waals surface area contributed by atoms with Crippen molar-refractivity contribution in [1.82, 2.24) is 10.7 Å². The maximum Gasteiger partial charge on any atom is 0.287 e. The Kier molecular flexibility index (Phi) is 7.29. The molecule has 0 bridgehead atoms. The zero-order chi connectivity index (χ0) is 26.4. The second-order valence-corrected chi connectivity index (χ2v) is 7.53. The molecule has 0 spiro atoms. The highest BCUT2D eigenvalue weighted by Crippen LogP contribution is 2.34. The third-order valence-electron chi connectivity index (χ3n) is 5.13. The molecule has 0 fully saturated rings. The van der Waals surface area contributed by atoms with Crippen LogP contribution in [0.1, 0.15) is 21.5 Å². The molecule has 0 unspecified atom stereocenters. The molecular weight excluding hydrogens is 484 g/mol. The van der Waals surface area contributed by atoms with E-state index in [0.717, 1.165) is 18.3 Å². The van der Waals surface area contributed by atoms with Crippen molar-refractivity contribution in [3.63, 3.8) is 0 Å². The summed E-state index contributed by atoms with van der Waals surface area (Å²) in [5.41, 5.74) is 2.54. The Labute approximate surface area is 209 Å². The molecule has 0 saturated heterocycles. The number of hydrogen-bond acceptors (Lipinski definition) is 9.